The molecular weight excluding hydrogens is 295 g/mol. The number of carbonyl (C=O) groups is 1. The largest absolute Gasteiger partial charge is 0.497 e. The second-order valence-electron chi connectivity index (χ2n) is 4.58. The van der Waals surface area contributed by atoms with Gasteiger partial charge in [0.25, 0.3) is 5.91 Å². The molecule has 0 heterocycles. The predicted octanol–water partition coefficient (Wildman–Crippen LogP) is 3.09. The first-order valence-corrected chi connectivity index (χ1v) is 6.57. The van der Waals surface area contributed by atoms with Gasteiger partial charge in [0, 0.05) is 6.54 Å². The molecule has 6 heteroatoms. The summed E-state index contributed by atoms with van der Waals surface area (Å²) in [5, 5.41) is 2.46. The average molecular weight is 309 g/mol. The zero-order chi connectivity index (χ0) is 16.1. The van der Waals surface area contributed by atoms with E-state index in [0.29, 0.717) is 12.2 Å². The Morgan fingerprint density at radius 3 is 2.64 bits per heavy atom. The first kappa shape index (κ1) is 15.9. The zero-order valence-electron chi connectivity index (χ0n) is 11.8. The van der Waals surface area contributed by atoms with Crippen molar-refractivity contribution >= 4 is 5.91 Å². The van der Waals surface area contributed by atoms with Gasteiger partial charge in [-0.1, -0.05) is 12.1 Å². The summed E-state index contributed by atoms with van der Waals surface area (Å²) < 4.78 is 44.4. The van der Waals surface area contributed by atoms with Gasteiger partial charge in [-0.05, 0) is 36.2 Å². The van der Waals surface area contributed by atoms with Crippen LogP contribution in [0.3, 0.4) is 0 Å². The highest BCUT2D eigenvalue weighted by Gasteiger charge is 2.18. The molecule has 0 atom stereocenters. The van der Waals surface area contributed by atoms with Crippen LogP contribution >= 0.6 is 0 Å². The van der Waals surface area contributed by atoms with Crippen LogP contribution in [0.25, 0.3) is 0 Å². The highest BCUT2D eigenvalue weighted by atomic mass is 19.2. The van der Waals surface area contributed by atoms with Crippen molar-refractivity contribution in [2.24, 2.45) is 0 Å². The van der Waals surface area contributed by atoms with Crippen molar-refractivity contribution in [1.29, 1.82) is 0 Å². The van der Waals surface area contributed by atoms with E-state index in [0.717, 1.165) is 17.7 Å². The highest BCUT2D eigenvalue weighted by molar-refractivity contribution is 5.94. The van der Waals surface area contributed by atoms with Crippen LogP contribution in [0, 0.1) is 17.5 Å². The summed E-state index contributed by atoms with van der Waals surface area (Å²) in [5.41, 5.74) is 0.398. The van der Waals surface area contributed by atoms with Crippen LogP contribution in [-0.4, -0.2) is 19.6 Å². The van der Waals surface area contributed by atoms with Gasteiger partial charge < -0.3 is 10.1 Å². The number of hydrogen-bond donors (Lipinski definition) is 1. The van der Waals surface area contributed by atoms with Crippen molar-refractivity contribution in [1.82, 2.24) is 5.32 Å². The number of benzene rings is 2. The molecule has 3 nitrogen and oxygen atoms in total. The second-order valence-corrected chi connectivity index (χ2v) is 4.58. The van der Waals surface area contributed by atoms with Gasteiger partial charge in [-0.25, -0.2) is 13.2 Å². The Kier molecular flexibility index (Phi) is 5.04. The van der Waals surface area contributed by atoms with E-state index in [4.69, 9.17) is 4.74 Å². The Bertz CT molecular complexity index is 689. The van der Waals surface area contributed by atoms with Crippen LogP contribution < -0.4 is 10.1 Å². The predicted molar refractivity (Wildman–Crippen MR) is 75.3 cm³/mol. The second kappa shape index (κ2) is 6.98. The van der Waals surface area contributed by atoms with Crippen molar-refractivity contribution < 1.29 is 22.7 Å². The van der Waals surface area contributed by atoms with Gasteiger partial charge in [-0.15, -0.1) is 0 Å². The molecule has 0 spiro atoms. The maximum Gasteiger partial charge on any atom is 0.254 e. The molecule has 0 fully saturated rings. The van der Waals surface area contributed by atoms with Gasteiger partial charge in [-0.2, -0.15) is 0 Å². The third-order valence-corrected chi connectivity index (χ3v) is 3.11. The van der Waals surface area contributed by atoms with E-state index in [1.165, 1.54) is 0 Å². The van der Waals surface area contributed by atoms with Gasteiger partial charge in [0.2, 0.25) is 0 Å². The molecule has 0 aliphatic carbocycles. The van der Waals surface area contributed by atoms with E-state index in [9.17, 15) is 18.0 Å². The van der Waals surface area contributed by atoms with Crippen molar-refractivity contribution in [2.75, 3.05) is 13.7 Å². The zero-order valence-corrected chi connectivity index (χ0v) is 11.8. The van der Waals surface area contributed by atoms with E-state index < -0.39 is 28.9 Å². The molecule has 0 saturated carbocycles. The quantitative estimate of drug-likeness (QED) is 0.862. The minimum Gasteiger partial charge on any atom is -0.497 e. The van der Waals surface area contributed by atoms with Crippen LogP contribution in [0.4, 0.5) is 13.2 Å². The third kappa shape index (κ3) is 3.58. The van der Waals surface area contributed by atoms with Crippen LogP contribution in [-0.2, 0) is 6.42 Å². The number of amides is 1. The molecule has 0 aliphatic rings. The number of ether oxygens (including phenoxy) is 1. The molecule has 1 N–H and O–H groups in total. The Hall–Kier alpha value is -2.50. The smallest absolute Gasteiger partial charge is 0.254 e. The summed E-state index contributed by atoms with van der Waals surface area (Å²) in [5.74, 6) is -4.57. The van der Waals surface area contributed by atoms with Gasteiger partial charge >= 0.3 is 0 Å². The molecule has 0 saturated heterocycles. The van der Waals surface area contributed by atoms with E-state index >= 15 is 0 Å². The van der Waals surface area contributed by atoms with E-state index in [1.54, 1.807) is 13.2 Å². The molecule has 22 heavy (non-hydrogen) atoms. The van der Waals surface area contributed by atoms with Crippen molar-refractivity contribution in [2.45, 2.75) is 6.42 Å². The molecule has 2 aromatic carbocycles. The SMILES string of the molecule is COc1cccc(CCNC(=O)c2ccc(F)c(F)c2F)c1. The lowest BCUT2D eigenvalue weighted by molar-refractivity contribution is 0.0949. The van der Waals surface area contributed by atoms with E-state index in [-0.39, 0.29) is 6.54 Å². The monoisotopic (exact) mass is 309 g/mol. The maximum absolute atomic E-state index is 13.5. The standard InChI is InChI=1S/C16H14F3NO2/c1-22-11-4-2-3-10(9-11)7-8-20-16(21)12-5-6-13(17)15(19)14(12)18/h2-6,9H,7-8H2,1H3,(H,20,21). The lowest BCUT2D eigenvalue weighted by atomic mass is 10.1. The maximum atomic E-state index is 13.5. The van der Waals surface area contributed by atoms with Crippen molar-refractivity contribution in [3.05, 3.63) is 65.0 Å². The first-order chi connectivity index (χ1) is 10.5. The topological polar surface area (TPSA) is 38.3 Å². The Labute approximate surface area is 125 Å². The lowest BCUT2D eigenvalue weighted by Crippen LogP contribution is -2.27. The first-order valence-electron chi connectivity index (χ1n) is 6.57. The highest BCUT2D eigenvalue weighted by Crippen LogP contribution is 2.15. The summed E-state index contributed by atoms with van der Waals surface area (Å²) in [6.45, 7) is 0.227. The fourth-order valence-electron chi connectivity index (χ4n) is 1.94. The number of nitrogens with one attached hydrogen (secondary N) is 1. The lowest BCUT2D eigenvalue weighted by Gasteiger charge is -2.08. The molecule has 0 unspecified atom stereocenters. The summed E-state index contributed by atoms with van der Waals surface area (Å²) >= 11 is 0. The number of hydrogen-bond acceptors (Lipinski definition) is 2. The van der Waals surface area contributed by atoms with Gasteiger partial charge in [0.1, 0.15) is 5.75 Å². The molecular formula is C16H14F3NO2. The minimum atomic E-state index is -1.65. The summed E-state index contributed by atoms with van der Waals surface area (Å²) in [7, 11) is 1.55. The van der Waals surface area contributed by atoms with Crippen LogP contribution in [0.1, 0.15) is 15.9 Å². The van der Waals surface area contributed by atoms with Gasteiger partial charge in [0.05, 0.1) is 12.7 Å². The normalized spacial score (nSPS) is 10.4. The molecule has 0 radical (unpaired) electrons. The van der Waals surface area contributed by atoms with Crippen LogP contribution in [0.5, 0.6) is 5.75 Å². The number of rotatable bonds is 5. The molecule has 0 aromatic heterocycles. The van der Waals surface area contributed by atoms with E-state index in [2.05, 4.69) is 5.32 Å². The molecule has 0 bridgehead atoms. The van der Waals surface area contributed by atoms with Crippen LogP contribution in [0.2, 0.25) is 0 Å². The third-order valence-electron chi connectivity index (χ3n) is 3.11. The summed E-state index contributed by atoms with van der Waals surface area (Å²) in [6.07, 6.45) is 0.494. The fourth-order valence-corrected chi connectivity index (χ4v) is 1.94. The molecule has 116 valence electrons. The molecule has 2 rings (SSSR count). The van der Waals surface area contributed by atoms with Gasteiger partial charge in [0.15, 0.2) is 17.5 Å². The molecule has 1 amide bonds. The average Bonchev–Trinajstić information content (AvgIpc) is 2.53. The fraction of sp³-hybridized carbons (Fsp3) is 0.188. The Morgan fingerprint density at radius 2 is 1.91 bits per heavy atom. The Balaban J connectivity index is 1.97. The molecule has 0 aliphatic heterocycles. The van der Waals surface area contributed by atoms with E-state index in [1.807, 2.05) is 18.2 Å². The summed E-state index contributed by atoms with van der Waals surface area (Å²) in [6, 6.07) is 8.89. The Morgan fingerprint density at radius 1 is 1.14 bits per heavy atom. The number of halogens is 3. The molecule has 2 aromatic rings. The summed E-state index contributed by atoms with van der Waals surface area (Å²) in [4.78, 5) is 11.8. The number of methoxy groups -OCH3 is 1. The van der Waals surface area contributed by atoms with Crippen molar-refractivity contribution in [3.63, 3.8) is 0 Å². The number of carbonyl (C=O) groups excluding carboxylic acids is 1. The van der Waals surface area contributed by atoms with Crippen LogP contribution in [0.15, 0.2) is 36.4 Å². The minimum absolute atomic E-state index is 0.227. The van der Waals surface area contributed by atoms with Gasteiger partial charge in [-0.3, -0.25) is 4.79 Å². The van der Waals surface area contributed by atoms with Crippen molar-refractivity contribution in [3.8, 4) is 5.75 Å².